The molecule has 4 heteroatoms. The number of carbonyl (C=O) groups excluding carboxylic acids is 1. The zero-order chi connectivity index (χ0) is 12.7. The molecule has 0 aliphatic carbocycles. The minimum Gasteiger partial charge on any atom is -0.383 e. The Morgan fingerprint density at radius 1 is 1.41 bits per heavy atom. The van der Waals surface area contributed by atoms with Crippen LogP contribution in [0.25, 0.3) is 0 Å². The summed E-state index contributed by atoms with van der Waals surface area (Å²) in [5.74, 6) is -0.359. The fraction of sp³-hybridized carbons (Fsp3) is 0.462. The number of methoxy groups -OCH3 is 1. The first kappa shape index (κ1) is 13.7. The van der Waals surface area contributed by atoms with Crippen molar-refractivity contribution in [1.29, 1.82) is 0 Å². The Morgan fingerprint density at radius 2 is 2.06 bits per heavy atom. The van der Waals surface area contributed by atoms with Crippen LogP contribution in [0.15, 0.2) is 30.3 Å². The van der Waals surface area contributed by atoms with Crippen LogP contribution in [-0.4, -0.2) is 26.2 Å². The fourth-order valence-electron chi connectivity index (χ4n) is 1.92. The molecule has 0 saturated heterocycles. The molecule has 4 nitrogen and oxygen atoms in total. The van der Waals surface area contributed by atoms with E-state index in [1.807, 2.05) is 37.3 Å². The summed E-state index contributed by atoms with van der Waals surface area (Å²) in [6, 6.07) is 9.55. The molecular formula is C13H20N2O2. The van der Waals surface area contributed by atoms with E-state index >= 15 is 0 Å². The van der Waals surface area contributed by atoms with E-state index in [0.717, 1.165) is 5.56 Å². The first-order chi connectivity index (χ1) is 8.17. The summed E-state index contributed by atoms with van der Waals surface area (Å²) in [5.41, 5.74) is 5.64. The van der Waals surface area contributed by atoms with E-state index in [9.17, 15) is 4.79 Å². The van der Waals surface area contributed by atoms with E-state index in [1.165, 1.54) is 0 Å². The van der Waals surface area contributed by atoms with Gasteiger partial charge in [-0.1, -0.05) is 37.3 Å². The molecule has 0 aromatic heterocycles. The van der Waals surface area contributed by atoms with Gasteiger partial charge in [0.2, 0.25) is 5.91 Å². The Morgan fingerprint density at radius 3 is 2.53 bits per heavy atom. The highest BCUT2D eigenvalue weighted by atomic mass is 16.5. The Kier molecular flexibility index (Phi) is 5.12. The van der Waals surface area contributed by atoms with Crippen molar-refractivity contribution < 1.29 is 9.53 Å². The molecular weight excluding hydrogens is 216 g/mol. The molecule has 1 rings (SSSR count). The van der Waals surface area contributed by atoms with Gasteiger partial charge in [0, 0.05) is 13.7 Å². The van der Waals surface area contributed by atoms with Crippen LogP contribution in [0.5, 0.6) is 0 Å². The van der Waals surface area contributed by atoms with Gasteiger partial charge in [-0.2, -0.15) is 0 Å². The third kappa shape index (κ3) is 3.05. The van der Waals surface area contributed by atoms with E-state index in [-0.39, 0.29) is 5.91 Å². The van der Waals surface area contributed by atoms with E-state index in [4.69, 9.17) is 10.5 Å². The van der Waals surface area contributed by atoms with E-state index in [0.29, 0.717) is 19.6 Å². The molecule has 0 saturated carbocycles. The first-order valence-electron chi connectivity index (χ1n) is 5.76. The maximum atomic E-state index is 11.8. The van der Waals surface area contributed by atoms with Gasteiger partial charge in [0.1, 0.15) is 5.54 Å². The molecule has 1 unspecified atom stereocenters. The Labute approximate surface area is 102 Å². The number of carbonyl (C=O) groups is 1. The molecule has 0 aliphatic heterocycles. The highest BCUT2D eigenvalue weighted by Gasteiger charge is 2.35. The average molecular weight is 236 g/mol. The van der Waals surface area contributed by atoms with Crippen molar-refractivity contribution in [3.63, 3.8) is 0 Å². The van der Waals surface area contributed by atoms with Crippen LogP contribution in [0, 0.1) is 0 Å². The van der Waals surface area contributed by atoms with Crippen LogP contribution in [0.4, 0.5) is 0 Å². The number of hydrogen-bond acceptors (Lipinski definition) is 3. The van der Waals surface area contributed by atoms with Crippen molar-refractivity contribution in [2.75, 3.05) is 20.3 Å². The molecule has 17 heavy (non-hydrogen) atoms. The summed E-state index contributed by atoms with van der Waals surface area (Å²) in [6.45, 7) is 3.07. The molecule has 1 atom stereocenters. The van der Waals surface area contributed by atoms with Crippen molar-refractivity contribution in [2.45, 2.75) is 18.9 Å². The molecule has 1 aromatic carbocycles. The summed E-state index contributed by atoms with van der Waals surface area (Å²) in [4.78, 5) is 11.8. The molecule has 3 N–H and O–H groups in total. The zero-order valence-electron chi connectivity index (χ0n) is 10.4. The Balaban J connectivity index is 2.97. The largest absolute Gasteiger partial charge is 0.383 e. The van der Waals surface area contributed by atoms with Crippen molar-refractivity contribution in [2.24, 2.45) is 5.73 Å². The maximum absolute atomic E-state index is 11.8. The van der Waals surface area contributed by atoms with Gasteiger partial charge in [0.05, 0.1) is 6.61 Å². The van der Waals surface area contributed by atoms with Crippen molar-refractivity contribution >= 4 is 5.91 Å². The summed E-state index contributed by atoms with van der Waals surface area (Å²) < 4.78 is 4.98. The lowest BCUT2D eigenvalue weighted by molar-refractivity contribution is -0.125. The second kappa shape index (κ2) is 6.37. The number of benzene rings is 1. The number of rotatable bonds is 7. The van der Waals surface area contributed by atoms with Crippen LogP contribution >= 0.6 is 0 Å². The number of amides is 1. The molecule has 0 spiro atoms. The van der Waals surface area contributed by atoms with Crippen molar-refractivity contribution in [1.82, 2.24) is 5.32 Å². The van der Waals surface area contributed by atoms with Crippen LogP contribution in [0.1, 0.15) is 18.9 Å². The molecule has 0 aliphatic rings. The molecule has 0 heterocycles. The lowest BCUT2D eigenvalue weighted by Gasteiger charge is -2.31. The summed E-state index contributed by atoms with van der Waals surface area (Å²) in [7, 11) is 1.63. The SMILES string of the molecule is CCC(NCCOC)(C(N)=O)c1ccccc1. The highest BCUT2D eigenvalue weighted by Crippen LogP contribution is 2.24. The number of nitrogens with two attached hydrogens (primary N) is 1. The van der Waals surface area contributed by atoms with Gasteiger partial charge in [-0.05, 0) is 12.0 Å². The maximum Gasteiger partial charge on any atom is 0.242 e. The predicted octanol–water partition coefficient (Wildman–Crippen LogP) is 1.01. The number of nitrogens with one attached hydrogen (secondary N) is 1. The standard InChI is InChI=1S/C13H20N2O2/c1-3-13(12(14)16,15-9-10-17-2)11-7-5-4-6-8-11/h4-8,15H,3,9-10H2,1-2H3,(H2,14,16). The van der Waals surface area contributed by atoms with Crippen molar-refractivity contribution in [3.05, 3.63) is 35.9 Å². The van der Waals surface area contributed by atoms with Crippen LogP contribution in [0.2, 0.25) is 0 Å². The third-order valence-electron chi connectivity index (χ3n) is 2.95. The number of primary amides is 1. The van der Waals surface area contributed by atoms with Crippen LogP contribution < -0.4 is 11.1 Å². The molecule has 1 aromatic rings. The van der Waals surface area contributed by atoms with Gasteiger partial charge in [0.15, 0.2) is 0 Å². The lowest BCUT2D eigenvalue weighted by atomic mass is 9.86. The molecule has 0 bridgehead atoms. The summed E-state index contributed by atoms with van der Waals surface area (Å²) >= 11 is 0. The number of hydrogen-bond donors (Lipinski definition) is 2. The smallest absolute Gasteiger partial charge is 0.242 e. The minimum absolute atomic E-state index is 0.359. The normalized spacial score (nSPS) is 14.2. The van der Waals surface area contributed by atoms with Crippen molar-refractivity contribution in [3.8, 4) is 0 Å². The van der Waals surface area contributed by atoms with E-state index in [1.54, 1.807) is 7.11 Å². The second-order valence-electron chi connectivity index (χ2n) is 3.91. The van der Waals surface area contributed by atoms with Gasteiger partial charge in [-0.3, -0.25) is 10.1 Å². The second-order valence-corrected chi connectivity index (χ2v) is 3.91. The summed E-state index contributed by atoms with van der Waals surface area (Å²) in [5, 5.41) is 3.20. The minimum atomic E-state index is -0.806. The summed E-state index contributed by atoms with van der Waals surface area (Å²) in [6.07, 6.45) is 0.607. The highest BCUT2D eigenvalue weighted by molar-refractivity contribution is 5.86. The van der Waals surface area contributed by atoms with E-state index < -0.39 is 5.54 Å². The fourth-order valence-corrected chi connectivity index (χ4v) is 1.92. The molecule has 0 radical (unpaired) electrons. The quantitative estimate of drug-likeness (QED) is 0.695. The van der Waals surface area contributed by atoms with Gasteiger partial charge in [-0.15, -0.1) is 0 Å². The zero-order valence-corrected chi connectivity index (χ0v) is 10.4. The van der Waals surface area contributed by atoms with Gasteiger partial charge in [-0.25, -0.2) is 0 Å². The average Bonchev–Trinajstić information content (AvgIpc) is 2.36. The van der Waals surface area contributed by atoms with Crippen LogP contribution in [-0.2, 0) is 15.1 Å². The number of ether oxygens (including phenoxy) is 1. The monoisotopic (exact) mass is 236 g/mol. The Hall–Kier alpha value is -1.39. The third-order valence-corrected chi connectivity index (χ3v) is 2.95. The topological polar surface area (TPSA) is 64.3 Å². The predicted molar refractivity (Wildman–Crippen MR) is 67.5 cm³/mol. The molecule has 0 fully saturated rings. The Bertz CT molecular complexity index is 354. The lowest BCUT2D eigenvalue weighted by Crippen LogP contribution is -2.53. The molecule has 94 valence electrons. The van der Waals surface area contributed by atoms with Gasteiger partial charge < -0.3 is 10.5 Å². The van der Waals surface area contributed by atoms with Gasteiger partial charge >= 0.3 is 0 Å². The first-order valence-corrected chi connectivity index (χ1v) is 5.76. The van der Waals surface area contributed by atoms with Crippen LogP contribution in [0.3, 0.4) is 0 Å². The van der Waals surface area contributed by atoms with Gasteiger partial charge in [0.25, 0.3) is 0 Å². The molecule has 1 amide bonds. The van der Waals surface area contributed by atoms with E-state index in [2.05, 4.69) is 5.32 Å².